The van der Waals surface area contributed by atoms with Gasteiger partial charge in [-0.15, -0.1) is 0 Å². The largest absolute Gasteiger partial charge is 0.340 e. The molecule has 0 amide bonds. The molecule has 0 unspecified atom stereocenters. The Hall–Kier alpha value is -2.68. The van der Waals surface area contributed by atoms with Crippen molar-refractivity contribution in [1.82, 2.24) is 18.8 Å². The van der Waals surface area contributed by atoms with E-state index in [9.17, 15) is 12.8 Å². The van der Waals surface area contributed by atoms with Gasteiger partial charge in [-0.25, -0.2) is 17.8 Å². The van der Waals surface area contributed by atoms with E-state index in [4.69, 9.17) is 11.6 Å². The molecule has 1 saturated heterocycles. The highest BCUT2D eigenvalue weighted by Gasteiger charge is 2.33. The Morgan fingerprint density at radius 1 is 1.15 bits per heavy atom. The van der Waals surface area contributed by atoms with Crippen LogP contribution in [0, 0.1) is 12.7 Å². The highest BCUT2D eigenvalue weighted by Crippen LogP contribution is 2.39. The standard InChI is InChI=1S/C24H24ClFN4O2S/c1-16-24(17-9-11-29(12-10-17)33(31,32)23-13-27-15-28-23)18-5-2-3-8-22(18)30(16)14-19-20(25)6-4-7-21(19)26/h2-8,13,15,17H,9-12,14H2,1H3,(H,27,28). The molecule has 2 aromatic carbocycles. The number of fused-ring (bicyclic) bond motifs is 1. The maximum absolute atomic E-state index is 14.5. The molecule has 2 aromatic heterocycles. The first-order valence-electron chi connectivity index (χ1n) is 10.9. The molecule has 3 heterocycles. The van der Waals surface area contributed by atoms with Crippen LogP contribution in [0.25, 0.3) is 10.9 Å². The van der Waals surface area contributed by atoms with E-state index >= 15 is 0 Å². The maximum Gasteiger partial charge on any atom is 0.260 e. The molecule has 0 saturated carbocycles. The molecule has 172 valence electrons. The van der Waals surface area contributed by atoms with Crippen LogP contribution < -0.4 is 0 Å². The average Bonchev–Trinajstić information content (AvgIpc) is 3.44. The van der Waals surface area contributed by atoms with E-state index in [0.717, 1.165) is 16.6 Å². The molecular weight excluding hydrogens is 463 g/mol. The molecule has 0 radical (unpaired) electrons. The lowest BCUT2D eigenvalue weighted by atomic mass is 9.88. The first-order chi connectivity index (χ1) is 15.9. The third kappa shape index (κ3) is 3.86. The minimum Gasteiger partial charge on any atom is -0.340 e. The number of piperidine rings is 1. The van der Waals surface area contributed by atoms with Crippen LogP contribution in [0.3, 0.4) is 0 Å². The Kier molecular flexibility index (Phi) is 5.76. The fourth-order valence-corrected chi connectivity index (χ4v) is 6.51. The van der Waals surface area contributed by atoms with Gasteiger partial charge in [0.15, 0.2) is 5.03 Å². The molecule has 0 aliphatic carbocycles. The van der Waals surface area contributed by atoms with Crippen molar-refractivity contribution in [2.24, 2.45) is 0 Å². The Morgan fingerprint density at radius 3 is 2.61 bits per heavy atom. The summed E-state index contributed by atoms with van der Waals surface area (Å²) in [4.78, 5) is 6.54. The van der Waals surface area contributed by atoms with Crippen LogP contribution >= 0.6 is 11.6 Å². The highest BCUT2D eigenvalue weighted by molar-refractivity contribution is 7.89. The molecule has 0 bridgehead atoms. The summed E-state index contributed by atoms with van der Waals surface area (Å²) in [6.45, 7) is 3.26. The van der Waals surface area contributed by atoms with Gasteiger partial charge in [0.25, 0.3) is 10.0 Å². The number of sulfonamides is 1. The summed E-state index contributed by atoms with van der Waals surface area (Å²) in [5.74, 6) is -0.112. The number of H-pyrrole nitrogens is 1. The van der Waals surface area contributed by atoms with E-state index in [1.54, 1.807) is 12.1 Å². The summed E-state index contributed by atoms with van der Waals surface area (Å²) < 4.78 is 43.9. The Bertz CT molecular complexity index is 1390. The molecular formula is C24H24ClFN4O2S. The molecule has 1 fully saturated rings. The number of nitrogens with one attached hydrogen (secondary N) is 1. The number of imidazole rings is 1. The van der Waals surface area contributed by atoms with Crippen molar-refractivity contribution < 1.29 is 12.8 Å². The maximum atomic E-state index is 14.5. The molecule has 1 aliphatic rings. The number of aromatic amines is 1. The number of hydrogen-bond acceptors (Lipinski definition) is 3. The third-order valence-electron chi connectivity index (χ3n) is 6.61. The van der Waals surface area contributed by atoms with Crippen molar-refractivity contribution in [2.45, 2.75) is 37.3 Å². The van der Waals surface area contributed by atoms with Gasteiger partial charge in [0.1, 0.15) is 5.82 Å². The fraction of sp³-hybridized carbons (Fsp3) is 0.292. The molecule has 1 N–H and O–H groups in total. The molecule has 1 aliphatic heterocycles. The quantitative estimate of drug-likeness (QED) is 0.427. The normalized spacial score (nSPS) is 16.0. The lowest BCUT2D eigenvalue weighted by molar-refractivity contribution is 0.319. The smallest absolute Gasteiger partial charge is 0.260 e. The lowest BCUT2D eigenvalue weighted by Crippen LogP contribution is -2.38. The fourth-order valence-electron chi connectivity index (χ4n) is 4.93. The van der Waals surface area contributed by atoms with E-state index < -0.39 is 10.0 Å². The zero-order valence-electron chi connectivity index (χ0n) is 18.1. The predicted molar refractivity (Wildman–Crippen MR) is 127 cm³/mol. The minimum absolute atomic E-state index is 0.121. The van der Waals surface area contributed by atoms with Gasteiger partial charge in [0.2, 0.25) is 0 Å². The van der Waals surface area contributed by atoms with Gasteiger partial charge >= 0.3 is 0 Å². The van der Waals surface area contributed by atoms with E-state index in [-0.39, 0.29) is 16.8 Å². The van der Waals surface area contributed by atoms with Crippen LogP contribution in [0.1, 0.15) is 35.6 Å². The van der Waals surface area contributed by atoms with Crippen molar-refractivity contribution in [3.8, 4) is 0 Å². The highest BCUT2D eigenvalue weighted by atomic mass is 35.5. The van der Waals surface area contributed by atoms with Crippen LogP contribution in [0.15, 0.2) is 60.0 Å². The number of aromatic nitrogens is 3. The first-order valence-corrected chi connectivity index (χ1v) is 12.7. The second kappa shape index (κ2) is 8.59. The summed E-state index contributed by atoms with van der Waals surface area (Å²) >= 11 is 6.32. The van der Waals surface area contributed by atoms with E-state index in [0.29, 0.717) is 43.1 Å². The Labute approximate surface area is 197 Å². The van der Waals surface area contributed by atoms with Crippen LogP contribution in [-0.4, -0.2) is 40.3 Å². The van der Waals surface area contributed by atoms with Crippen molar-refractivity contribution >= 4 is 32.5 Å². The van der Waals surface area contributed by atoms with Crippen molar-refractivity contribution in [2.75, 3.05) is 13.1 Å². The van der Waals surface area contributed by atoms with Crippen LogP contribution in [0.2, 0.25) is 5.02 Å². The first kappa shape index (κ1) is 22.1. The Balaban J connectivity index is 1.47. The van der Waals surface area contributed by atoms with Gasteiger partial charge in [-0.2, -0.15) is 4.31 Å². The number of rotatable bonds is 5. The molecule has 0 spiro atoms. The number of para-hydroxylation sites is 1. The molecule has 0 atom stereocenters. The third-order valence-corrected chi connectivity index (χ3v) is 8.79. The minimum atomic E-state index is -3.57. The van der Waals surface area contributed by atoms with E-state index in [2.05, 4.69) is 27.5 Å². The zero-order chi connectivity index (χ0) is 23.2. The van der Waals surface area contributed by atoms with Crippen LogP contribution in [0.5, 0.6) is 0 Å². The molecule has 6 nitrogen and oxygen atoms in total. The van der Waals surface area contributed by atoms with E-state index in [1.165, 1.54) is 28.5 Å². The predicted octanol–water partition coefficient (Wildman–Crippen LogP) is 5.08. The summed E-state index contributed by atoms with van der Waals surface area (Å²) in [6, 6.07) is 12.9. The van der Waals surface area contributed by atoms with Gasteiger partial charge in [-0.1, -0.05) is 35.9 Å². The lowest BCUT2D eigenvalue weighted by Gasteiger charge is -2.31. The van der Waals surface area contributed by atoms with Gasteiger partial charge < -0.3 is 9.55 Å². The number of benzene rings is 2. The monoisotopic (exact) mass is 486 g/mol. The van der Waals surface area contributed by atoms with Gasteiger partial charge in [0.05, 0.1) is 19.1 Å². The van der Waals surface area contributed by atoms with Gasteiger partial charge in [0, 0.05) is 40.3 Å². The van der Waals surface area contributed by atoms with Crippen molar-refractivity contribution in [3.05, 3.63) is 82.6 Å². The molecule has 4 aromatic rings. The molecule has 33 heavy (non-hydrogen) atoms. The van der Waals surface area contributed by atoms with Crippen LogP contribution in [-0.2, 0) is 16.6 Å². The molecule has 9 heteroatoms. The SMILES string of the molecule is Cc1c(C2CCN(S(=O)(=O)c3cnc[nH]3)CC2)c2ccccc2n1Cc1c(F)cccc1Cl. The zero-order valence-corrected chi connectivity index (χ0v) is 19.7. The van der Waals surface area contributed by atoms with E-state index in [1.807, 2.05) is 18.2 Å². The second-order valence-corrected chi connectivity index (χ2v) is 10.7. The van der Waals surface area contributed by atoms with Gasteiger partial charge in [-0.3, -0.25) is 0 Å². The summed E-state index contributed by atoms with van der Waals surface area (Å²) in [5.41, 5.74) is 3.76. The number of hydrogen-bond donors (Lipinski definition) is 1. The summed E-state index contributed by atoms with van der Waals surface area (Å²) in [6.07, 6.45) is 4.14. The number of halogens is 2. The second-order valence-electron chi connectivity index (χ2n) is 8.40. The Morgan fingerprint density at radius 2 is 1.91 bits per heavy atom. The van der Waals surface area contributed by atoms with Crippen molar-refractivity contribution in [3.63, 3.8) is 0 Å². The van der Waals surface area contributed by atoms with Crippen LogP contribution in [0.4, 0.5) is 4.39 Å². The number of nitrogens with zero attached hydrogens (tertiary/aromatic N) is 3. The average molecular weight is 487 g/mol. The topological polar surface area (TPSA) is 71.0 Å². The van der Waals surface area contributed by atoms with Crippen molar-refractivity contribution in [1.29, 1.82) is 0 Å². The van der Waals surface area contributed by atoms with Gasteiger partial charge in [-0.05, 0) is 49.4 Å². The summed E-state index contributed by atoms with van der Waals surface area (Å²) in [5, 5.41) is 1.65. The molecule has 5 rings (SSSR count). The summed E-state index contributed by atoms with van der Waals surface area (Å²) in [7, 11) is -3.57.